The molecule has 3 rings (SSSR count). The number of carbonyl (C=O) groups excluding carboxylic acids is 1. The van der Waals surface area contributed by atoms with Gasteiger partial charge in [0.25, 0.3) is 5.91 Å². The highest BCUT2D eigenvalue weighted by atomic mass is 35.5. The van der Waals surface area contributed by atoms with Gasteiger partial charge in [0.15, 0.2) is 0 Å². The van der Waals surface area contributed by atoms with Crippen molar-refractivity contribution >= 4 is 28.8 Å². The van der Waals surface area contributed by atoms with Gasteiger partial charge in [-0.25, -0.2) is 4.98 Å². The van der Waals surface area contributed by atoms with Crippen molar-refractivity contribution in [2.75, 3.05) is 20.2 Å². The first-order valence-electron chi connectivity index (χ1n) is 8.11. The van der Waals surface area contributed by atoms with E-state index in [9.17, 15) is 4.79 Å². The second-order valence-corrected chi connectivity index (χ2v) is 7.12. The maximum absolute atomic E-state index is 12.5. The van der Waals surface area contributed by atoms with Crippen LogP contribution in [0.5, 0.6) is 5.75 Å². The summed E-state index contributed by atoms with van der Waals surface area (Å²) in [6.45, 7) is 1.11. The second-order valence-electron chi connectivity index (χ2n) is 5.82. The highest BCUT2D eigenvalue weighted by Gasteiger charge is 2.16. The van der Waals surface area contributed by atoms with Crippen LogP contribution in [0.1, 0.15) is 16.9 Å². The standard InChI is InChI=1S/C18H19ClN4O2S/c1-22(8-3-9-25-15-6-4-14(19)5-7-15)18(24)16-12-26-17(21-16)13-10-20-23(2)11-13/h4-7,10-12H,3,8-9H2,1-2H3. The molecule has 0 saturated carbocycles. The lowest BCUT2D eigenvalue weighted by atomic mass is 10.3. The molecular formula is C18H19ClN4O2S. The van der Waals surface area contributed by atoms with Gasteiger partial charge < -0.3 is 9.64 Å². The van der Waals surface area contributed by atoms with E-state index in [4.69, 9.17) is 16.3 Å². The van der Waals surface area contributed by atoms with E-state index in [2.05, 4.69) is 10.1 Å². The molecule has 0 aliphatic carbocycles. The number of ether oxygens (including phenoxy) is 1. The molecule has 8 heteroatoms. The van der Waals surface area contributed by atoms with Crippen molar-refractivity contribution in [3.63, 3.8) is 0 Å². The zero-order valence-electron chi connectivity index (χ0n) is 14.6. The number of amides is 1. The van der Waals surface area contributed by atoms with Crippen molar-refractivity contribution in [2.24, 2.45) is 7.05 Å². The monoisotopic (exact) mass is 390 g/mol. The van der Waals surface area contributed by atoms with Crippen molar-refractivity contribution < 1.29 is 9.53 Å². The zero-order chi connectivity index (χ0) is 18.5. The first kappa shape index (κ1) is 18.4. The predicted octanol–water partition coefficient (Wildman–Crippen LogP) is 3.74. The average molecular weight is 391 g/mol. The fourth-order valence-electron chi connectivity index (χ4n) is 2.36. The number of hydrogen-bond donors (Lipinski definition) is 0. The van der Waals surface area contributed by atoms with Crippen LogP contribution >= 0.6 is 22.9 Å². The summed E-state index contributed by atoms with van der Waals surface area (Å²) < 4.78 is 7.36. The predicted molar refractivity (Wildman–Crippen MR) is 103 cm³/mol. The Hall–Kier alpha value is -2.38. The number of rotatable bonds is 7. The summed E-state index contributed by atoms with van der Waals surface area (Å²) in [6, 6.07) is 7.22. The second kappa shape index (κ2) is 8.33. The molecule has 3 aromatic rings. The minimum atomic E-state index is -0.0946. The fourth-order valence-corrected chi connectivity index (χ4v) is 3.25. The minimum Gasteiger partial charge on any atom is -0.494 e. The van der Waals surface area contributed by atoms with Crippen LogP contribution in [-0.2, 0) is 7.05 Å². The molecule has 0 bridgehead atoms. The maximum Gasteiger partial charge on any atom is 0.273 e. The lowest BCUT2D eigenvalue weighted by Crippen LogP contribution is -2.28. The highest BCUT2D eigenvalue weighted by Crippen LogP contribution is 2.23. The fraction of sp³-hybridized carbons (Fsp3) is 0.278. The Kier molecular flexibility index (Phi) is 5.90. The first-order chi connectivity index (χ1) is 12.5. The summed E-state index contributed by atoms with van der Waals surface area (Å²) in [5.41, 5.74) is 1.37. The van der Waals surface area contributed by atoms with Crippen molar-refractivity contribution in [1.29, 1.82) is 0 Å². The van der Waals surface area contributed by atoms with E-state index in [1.165, 1.54) is 11.3 Å². The summed E-state index contributed by atoms with van der Waals surface area (Å²) in [5, 5.41) is 7.38. The highest BCUT2D eigenvalue weighted by molar-refractivity contribution is 7.13. The Balaban J connectivity index is 1.48. The Bertz CT molecular complexity index is 875. The molecule has 1 aromatic carbocycles. The molecule has 0 saturated heterocycles. The summed E-state index contributed by atoms with van der Waals surface area (Å²) in [4.78, 5) is 18.6. The van der Waals surface area contributed by atoms with Gasteiger partial charge in [-0.15, -0.1) is 11.3 Å². The number of nitrogens with zero attached hydrogens (tertiary/aromatic N) is 4. The smallest absolute Gasteiger partial charge is 0.273 e. The van der Waals surface area contributed by atoms with Crippen LogP contribution in [-0.4, -0.2) is 45.8 Å². The number of halogens is 1. The third kappa shape index (κ3) is 4.62. The number of aryl methyl sites for hydroxylation is 1. The van der Waals surface area contributed by atoms with E-state index in [0.29, 0.717) is 23.9 Å². The van der Waals surface area contributed by atoms with E-state index in [0.717, 1.165) is 22.7 Å². The van der Waals surface area contributed by atoms with Crippen molar-refractivity contribution in [3.05, 3.63) is 52.8 Å². The molecule has 0 N–H and O–H groups in total. The molecule has 0 fully saturated rings. The van der Waals surface area contributed by atoms with Gasteiger partial charge >= 0.3 is 0 Å². The quantitative estimate of drug-likeness (QED) is 0.576. The van der Waals surface area contributed by atoms with E-state index >= 15 is 0 Å². The number of aromatic nitrogens is 3. The molecule has 2 heterocycles. The normalized spacial score (nSPS) is 10.7. The number of benzene rings is 1. The molecular weight excluding hydrogens is 372 g/mol. The zero-order valence-corrected chi connectivity index (χ0v) is 16.1. The van der Waals surface area contributed by atoms with Crippen LogP contribution in [0.2, 0.25) is 5.02 Å². The van der Waals surface area contributed by atoms with Crippen molar-refractivity contribution in [2.45, 2.75) is 6.42 Å². The molecule has 0 radical (unpaired) electrons. The van der Waals surface area contributed by atoms with Crippen molar-refractivity contribution in [1.82, 2.24) is 19.7 Å². The van der Waals surface area contributed by atoms with Gasteiger partial charge in [0, 0.05) is 42.8 Å². The molecule has 0 aliphatic rings. The number of hydrogen-bond acceptors (Lipinski definition) is 5. The molecule has 1 amide bonds. The van der Waals surface area contributed by atoms with E-state index in [-0.39, 0.29) is 5.91 Å². The summed E-state index contributed by atoms with van der Waals surface area (Å²) in [7, 11) is 3.62. The molecule has 0 atom stereocenters. The Morgan fingerprint density at radius 2 is 2.12 bits per heavy atom. The lowest BCUT2D eigenvalue weighted by molar-refractivity contribution is 0.0783. The Labute approximate surface area is 161 Å². The number of carbonyl (C=O) groups is 1. The van der Waals surface area contributed by atoms with E-state index in [1.807, 2.05) is 25.4 Å². The SMILES string of the molecule is CN(CCCOc1ccc(Cl)cc1)C(=O)c1csc(-c2cnn(C)c2)n1. The molecule has 136 valence electrons. The third-order valence-corrected chi connectivity index (χ3v) is 4.89. The molecule has 26 heavy (non-hydrogen) atoms. The summed E-state index contributed by atoms with van der Waals surface area (Å²) in [6.07, 6.45) is 4.35. The number of thiazole rings is 1. The molecule has 0 spiro atoms. The Morgan fingerprint density at radius 3 is 2.81 bits per heavy atom. The van der Waals surface area contributed by atoms with Crippen LogP contribution in [0.15, 0.2) is 42.0 Å². The lowest BCUT2D eigenvalue weighted by Gasteiger charge is -2.16. The van der Waals surface area contributed by atoms with Gasteiger partial charge in [-0.1, -0.05) is 11.6 Å². The summed E-state index contributed by atoms with van der Waals surface area (Å²) in [5.74, 6) is 0.673. The van der Waals surface area contributed by atoms with Crippen molar-refractivity contribution in [3.8, 4) is 16.3 Å². The first-order valence-corrected chi connectivity index (χ1v) is 9.37. The maximum atomic E-state index is 12.5. The average Bonchev–Trinajstić information content (AvgIpc) is 3.28. The largest absolute Gasteiger partial charge is 0.494 e. The third-order valence-electron chi connectivity index (χ3n) is 3.74. The van der Waals surface area contributed by atoms with Gasteiger partial charge in [-0.05, 0) is 30.7 Å². The van der Waals surface area contributed by atoms with E-state index in [1.54, 1.807) is 40.3 Å². The molecule has 2 aromatic heterocycles. The van der Waals surface area contributed by atoms with Crippen LogP contribution in [0.4, 0.5) is 0 Å². The Morgan fingerprint density at radius 1 is 1.35 bits per heavy atom. The van der Waals surface area contributed by atoms with Crippen LogP contribution < -0.4 is 4.74 Å². The molecule has 0 aliphatic heterocycles. The topological polar surface area (TPSA) is 60.2 Å². The minimum absolute atomic E-state index is 0.0946. The van der Waals surface area contributed by atoms with Gasteiger partial charge in [0.1, 0.15) is 16.5 Å². The van der Waals surface area contributed by atoms with Gasteiger partial charge in [0.05, 0.1) is 12.8 Å². The molecule has 6 nitrogen and oxygen atoms in total. The summed E-state index contributed by atoms with van der Waals surface area (Å²) >= 11 is 7.28. The van der Waals surface area contributed by atoms with E-state index < -0.39 is 0 Å². The van der Waals surface area contributed by atoms with Gasteiger partial charge in [-0.2, -0.15) is 5.10 Å². The van der Waals surface area contributed by atoms with Gasteiger partial charge in [0.2, 0.25) is 0 Å². The van der Waals surface area contributed by atoms with Gasteiger partial charge in [-0.3, -0.25) is 9.48 Å². The molecule has 0 unspecified atom stereocenters. The van der Waals surface area contributed by atoms with Crippen LogP contribution in [0.25, 0.3) is 10.6 Å². The van der Waals surface area contributed by atoms with Crippen LogP contribution in [0.3, 0.4) is 0 Å². The van der Waals surface area contributed by atoms with Crippen LogP contribution in [0, 0.1) is 0 Å².